The maximum atomic E-state index is 12.6. The Bertz CT molecular complexity index is 765. The molecule has 3 saturated carbocycles. The molecule has 3 fully saturated rings. The fourth-order valence-electron chi connectivity index (χ4n) is 7.55. The summed E-state index contributed by atoms with van der Waals surface area (Å²) in [7, 11) is 0. The van der Waals surface area contributed by atoms with Crippen molar-refractivity contribution in [3.8, 4) is 5.75 Å². The third-order valence-electron chi connectivity index (χ3n) is 9.13. The molecule has 0 bridgehead atoms. The van der Waals surface area contributed by atoms with E-state index in [-0.39, 0.29) is 17.5 Å². The molecule has 0 heterocycles. The van der Waals surface area contributed by atoms with Crippen LogP contribution in [0.15, 0.2) is 18.2 Å². The van der Waals surface area contributed by atoms with Crippen LogP contribution in [0.1, 0.15) is 94.6 Å². The largest absolute Gasteiger partial charge is 0.508 e. The zero-order valence-electron chi connectivity index (χ0n) is 17.9. The molecule has 0 radical (unpaired) electrons. The van der Waals surface area contributed by atoms with Gasteiger partial charge in [0.05, 0.1) is 0 Å². The van der Waals surface area contributed by atoms with Crippen LogP contribution in [0.4, 0.5) is 0 Å². The summed E-state index contributed by atoms with van der Waals surface area (Å²) < 4.78 is 6.14. The lowest BCUT2D eigenvalue weighted by Crippen LogP contribution is -2.45. The van der Waals surface area contributed by atoms with E-state index < -0.39 is 0 Å². The van der Waals surface area contributed by atoms with Gasteiger partial charge in [-0.3, -0.25) is 4.79 Å². The van der Waals surface area contributed by atoms with Crippen molar-refractivity contribution in [3.05, 3.63) is 29.3 Å². The van der Waals surface area contributed by atoms with Gasteiger partial charge in [-0.05, 0) is 91.9 Å². The number of hydrogen-bond acceptors (Lipinski definition) is 3. The van der Waals surface area contributed by atoms with Crippen molar-refractivity contribution < 1.29 is 14.6 Å². The molecule has 158 valence electrons. The second-order valence-electron chi connectivity index (χ2n) is 10.6. The minimum atomic E-state index is 0.0513. The first-order valence-electron chi connectivity index (χ1n) is 12.1. The number of rotatable bonds is 4. The third kappa shape index (κ3) is 3.49. The van der Waals surface area contributed by atoms with Gasteiger partial charge < -0.3 is 9.84 Å². The minimum Gasteiger partial charge on any atom is -0.508 e. The van der Waals surface area contributed by atoms with E-state index in [1.54, 1.807) is 0 Å². The molecule has 0 unspecified atom stereocenters. The zero-order chi connectivity index (χ0) is 20.0. The molecular weight excluding hydrogens is 360 g/mol. The molecule has 4 aliphatic carbocycles. The average Bonchev–Trinajstić information content (AvgIpc) is 3.34. The Kier molecular flexibility index (Phi) is 5.12. The zero-order valence-corrected chi connectivity index (χ0v) is 17.9. The summed E-state index contributed by atoms with van der Waals surface area (Å²) in [6.07, 6.45) is 13.9. The Morgan fingerprint density at radius 3 is 2.79 bits per heavy atom. The highest BCUT2D eigenvalue weighted by Crippen LogP contribution is 2.61. The fourth-order valence-corrected chi connectivity index (χ4v) is 7.55. The predicted octanol–water partition coefficient (Wildman–Crippen LogP) is 6.13. The number of phenolic OH excluding ortho intramolecular Hbond substituents is 1. The molecule has 0 aromatic heterocycles. The van der Waals surface area contributed by atoms with Gasteiger partial charge in [0.2, 0.25) is 0 Å². The number of benzene rings is 1. The van der Waals surface area contributed by atoms with Crippen molar-refractivity contribution >= 4 is 5.97 Å². The normalized spacial score (nSPS) is 36.3. The first-order valence-corrected chi connectivity index (χ1v) is 12.1. The van der Waals surface area contributed by atoms with Crippen LogP contribution in [0.5, 0.6) is 5.75 Å². The predicted molar refractivity (Wildman–Crippen MR) is 114 cm³/mol. The van der Waals surface area contributed by atoms with Crippen molar-refractivity contribution in [1.29, 1.82) is 0 Å². The summed E-state index contributed by atoms with van der Waals surface area (Å²) >= 11 is 0. The van der Waals surface area contributed by atoms with Gasteiger partial charge in [-0.15, -0.1) is 0 Å². The molecule has 0 aliphatic heterocycles. The van der Waals surface area contributed by atoms with E-state index >= 15 is 0 Å². The molecule has 4 aliphatic rings. The van der Waals surface area contributed by atoms with Crippen LogP contribution >= 0.6 is 0 Å². The van der Waals surface area contributed by atoms with Crippen LogP contribution in [0, 0.1) is 23.2 Å². The molecule has 5 atom stereocenters. The van der Waals surface area contributed by atoms with Gasteiger partial charge in [0, 0.05) is 11.8 Å². The van der Waals surface area contributed by atoms with Gasteiger partial charge in [-0.1, -0.05) is 38.7 Å². The number of ether oxygens (including phenoxy) is 1. The van der Waals surface area contributed by atoms with Crippen molar-refractivity contribution in [2.24, 2.45) is 23.2 Å². The standard InChI is InChI=1S/C26H36O3/c1-26-15-14-21-20-10-8-19(27)16-18(20)7-9-22(21)23(26)11-12-24(26)29-25(28)13-6-17-4-2-3-5-17/h8,10,16-17,21-24,27H,2-7,9,11-15H2,1H3/t21-,22-,23-,24+,26+/m1/s1. The van der Waals surface area contributed by atoms with Crippen LogP contribution in [0.3, 0.4) is 0 Å². The summed E-state index contributed by atoms with van der Waals surface area (Å²) in [6, 6.07) is 6.00. The van der Waals surface area contributed by atoms with Crippen LogP contribution < -0.4 is 0 Å². The maximum Gasteiger partial charge on any atom is 0.306 e. The number of carbonyl (C=O) groups is 1. The quantitative estimate of drug-likeness (QED) is 0.623. The van der Waals surface area contributed by atoms with E-state index in [0.717, 1.165) is 31.6 Å². The second-order valence-corrected chi connectivity index (χ2v) is 10.6. The van der Waals surface area contributed by atoms with Crippen molar-refractivity contribution in [3.63, 3.8) is 0 Å². The lowest BCUT2D eigenvalue weighted by atomic mass is 9.55. The third-order valence-corrected chi connectivity index (χ3v) is 9.13. The number of aryl methyl sites for hydroxylation is 1. The van der Waals surface area contributed by atoms with Crippen LogP contribution in [0.2, 0.25) is 0 Å². The first kappa shape index (κ1) is 19.5. The second kappa shape index (κ2) is 7.63. The Labute approximate surface area is 175 Å². The van der Waals surface area contributed by atoms with Gasteiger partial charge >= 0.3 is 5.97 Å². The molecular formula is C26H36O3. The van der Waals surface area contributed by atoms with Crippen LogP contribution in [0.25, 0.3) is 0 Å². The van der Waals surface area contributed by atoms with E-state index in [1.165, 1.54) is 56.1 Å². The van der Waals surface area contributed by atoms with Gasteiger partial charge in [0.1, 0.15) is 11.9 Å². The summed E-state index contributed by atoms with van der Waals surface area (Å²) in [5.41, 5.74) is 2.97. The van der Waals surface area contributed by atoms with Gasteiger partial charge in [0.25, 0.3) is 0 Å². The van der Waals surface area contributed by atoms with E-state index in [2.05, 4.69) is 13.0 Å². The van der Waals surface area contributed by atoms with Crippen molar-refractivity contribution in [2.75, 3.05) is 0 Å². The van der Waals surface area contributed by atoms with E-state index in [1.807, 2.05) is 12.1 Å². The molecule has 3 heteroatoms. The molecule has 1 aromatic rings. The van der Waals surface area contributed by atoms with Gasteiger partial charge in [-0.2, -0.15) is 0 Å². The molecule has 0 spiro atoms. The number of carbonyl (C=O) groups excluding carboxylic acids is 1. The fraction of sp³-hybridized carbons (Fsp3) is 0.731. The Hall–Kier alpha value is -1.51. The van der Waals surface area contributed by atoms with Gasteiger partial charge in [-0.25, -0.2) is 0 Å². The number of phenols is 1. The molecule has 29 heavy (non-hydrogen) atoms. The molecule has 5 rings (SSSR count). The topological polar surface area (TPSA) is 46.5 Å². The summed E-state index contributed by atoms with van der Waals surface area (Å²) in [6.45, 7) is 2.40. The molecule has 1 N–H and O–H groups in total. The average molecular weight is 397 g/mol. The molecule has 0 amide bonds. The molecule has 1 aromatic carbocycles. The van der Waals surface area contributed by atoms with E-state index in [0.29, 0.717) is 29.9 Å². The summed E-state index contributed by atoms with van der Waals surface area (Å²) in [4.78, 5) is 12.6. The van der Waals surface area contributed by atoms with E-state index in [4.69, 9.17) is 4.74 Å². The van der Waals surface area contributed by atoms with Crippen molar-refractivity contribution in [1.82, 2.24) is 0 Å². The maximum absolute atomic E-state index is 12.6. The van der Waals surface area contributed by atoms with Crippen LogP contribution in [-0.4, -0.2) is 17.2 Å². The number of aromatic hydroxyl groups is 1. The van der Waals surface area contributed by atoms with Gasteiger partial charge in [0.15, 0.2) is 0 Å². The number of esters is 1. The summed E-state index contributed by atoms with van der Waals surface area (Å²) in [5.74, 6) is 3.19. The monoisotopic (exact) mass is 396 g/mol. The van der Waals surface area contributed by atoms with Crippen LogP contribution in [-0.2, 0) is 16.0 Å². The molecule has 0 saturated heterocycles. The van der Waals surface area contributed by atoms with Crippen molar-refractivity contribution in [2.45, 2.75) is 96.0 Å². The Balaban J connectivity index is 1.25. The SMILES string of the molecule is C[C@]12CC[C@@H]3c4ccc(O)cc4CC[C@H]3[C@H]1CC[C@@H]2OC(=O)CCC1CCCC1. The smallest absolute Gasteiger partial charge is 0.306 e. The lowest BCUT2D eigenvalue weighted by Gasteiger charge is -2.50. The Morgan fingerprint density at radius 2 is 1.97 bits per heavy atom. The number of hydrogen-bond donors (Lipinski definition) is 1. The molecule has 3 nitrogen and oxygen atoms in total. The summed E-state index contributed by atoms with van der Waals surface area (Å²) in [5, 5.41) is 9.86. The first-order chi connectivity index (χ1) is 14.0. The number of fused-ring (bicyclic) bond motifs is 5. The minimum absolute atomic E-state index is 0.0513. The highest BCUT2D eigenvalue weighted by Gasteiger charge is 2.56. The lowest BCUT2D eigenvalue weighted by molar-refractivity contribution is -0.157. The Morgan fingerprint density at radius 1 is 1.14 bits per heavy atom. The van der Waals surface area contributed by atoms with E-state index in [9.17, 15) is 9.90 Å². The highest BCUT2D eigenvalue weighted by molar-refractivity contribution is 5.69. The highest BCUT2D eigenvalue weighted by atomic mass is 16.5.